The highest BCUT2D eigenvalue weighted by Gasteiger charge is 2.12. The average Bonchev–Trinajstić information content (AvgIpc) is 2.56. The van der Waals surface area contributed by atoms with Crippen LogP contribution in [0.25, 0.3) is 0 Å². The second-order valence-corrected chi connectivity index (χ2v) is 5.80. The van der Waals surface area contributed by atoms with Crippen LogP contribution >= 0.6 is 0 Å². The molecule has 0 saturated carbocycles. The van der Waals surface area contributed by atoms with Crippen molar-refractivity contribution in [2.24, 2.45) is 4.99 Å². The molecule has 2 aromatic carbocycles. The lowest BCUT2D eigenvalue weighted by Crippen LogP contribution is -2.32. The number of phenolic OH excluding ortho intramolecular Hbond substituents is 1. The quantitative estimate of drug-likeness (QED) is 0.482. The second kappa shape index (κ2) is 8.21. The highest BCUT2D eigenvalue weighted by Crippen LogP contribution is 2.21. The number of aliphatic imine (C=N–C) groups is 1. The molecule has 0 aromatic heterocycles. The van der Waals surface area contributed by atoms with Crippen LogP contribution in [0, 0.1) is 10.1 Å². The van der Waals surface area contributed by atoms with Gasteiger partial charge >= 0.3 is 0 Å². The van der Waals surface area contributed by atoms with Gasteiger partial charge in [0.2, 0.25) is 0 Å². The molecule has 6 heteroatoms. The lowest BCUT2D eigenvalue weighted by molar-refractivity contribution is -0.384. The summed E-state index contributed by atoms with van der Waals surface area (Å²) in [5, 5.41) is 20.6. The van der Waals surface area contributed by atoms with Crippen LogP contribution < -0.4 is 0 Å². The average molecular weight is 327 g/mol. The van der Waals surface area contributed by atoms with Crippen LogP contribution in [-0.2, 0) is 6.42 Å². The van der Waals surface area contributed by atoms with Crippen LogP contribution in [0.3, 0.4) is 0 Å². The molecule has 1 atom stereocenters. The fourth-order valence-electron chi connectivity index (χ4n) is 2.33. The SMILES string of the molecule is CN(C)[C@@H](CN=Cc1cc([N+](=O)[O-])ccc1O)Cc1ccccc1. The van der Waals surface area contributed by atoms with E-state index < -0.39 is 4.92 Å². The first-order valence-corrected chi connectivity index (χ1v) is 7.65. The van der Waals surface area contributed by atoms with Crippen LogP contribution in [-0.4, -0.2) is 47.8 Å². The summed E-state index contributed by atoms with van der Waals surface area (Å²) < 4.78 is 0. The number of benzene rings is 2. The van der Waals surface area contributed by atoms with Crippen molar-refractivity contribution in [3.8, 4) is 5.75 Å². The van der Waals surface area contributed by atoms with E-state index in [0.29, 0.717) is 12.1 Å². The summed E-state index contributed by atoms with van der Waals surface area (Å²) in [6.45, 7) is 0.532. The Balaban J connectivity index is 2.07. The third-order valence-electron chi connectivity index (χ3n) is 3.81. The van der Waals surface area contributed by atoms with Gasteiger partial charge in [0.15, 0.2) is 0 Å². The van der Waals surface area contributed by atoms with Gasteiger partial charge in [-0.05, 0) is 32.1 Å². The van der Waals surface area contributed by atoms with Gasteiger partial charge in [-0.25, -0.2) is 0 Å². The monoisotopic (exact) mass is 327 g/mol. The minimum atomic E-state index is -0.491. The maximum Gasteiger partial charge on any atom is 0.270 e. The lowest BCUT2D eigenvalue weighted by Gasteiger charge is -2.22. The van der Waals surface area contributed by atoms with Gasteiger partial charge in [-0.1, -0.05) is 30.3 Å². The minimum Gasteiger partial charge on any atom is -0.507 e. The van der Waals surface area contributed by atoms with E-state index in [1.807, 2.05) is 32.3 Å². The van der Waals surface area contributed by atoms with Crippen molar-refractivity contribution in [1.82, 2.24) is 4.90 Å². The number of non-ortho nitro benzene ring substituents is 1. The highest BCUT2D eigenvalue weighted by atomic mass is 16.6. The summed E-state index contributed by atoms with van der Waals surface area (Å²) in [4.78, 5) is 16.8. The zero-order valence-electron chi connectivity index (χ0n) is 13.8. The van der Waals surface area contributed by atoms with Gasteiger partial charge in [0.1, 0.15) is 5.75 Å². The van der Waals surface area contributed by atoms with Gasteiger partial charge in [-0.2, -0.15) is 0 Å². The topological polar surface area (TPSA) is 79.0 Å². The summed E-state index contributed by atoms with van der Waals surface area (Å²) in [6, 6.07) is 14.2. The normalized spacial score (nSPS) is 12.6. The molecular formula is C18H21N3O3. The molecule has 0 bridgehead atoms. The number of hydrogen-bond donors (Lipinski definition) is 1. The standard InChI is InChI=1S/C18H21N3O3/c1-20(2)17(10-14-6-4-3-5-7-14)13-19-12-15-11-16(21(23)24)8-9-18(15)22/h3-9,11-12,17,22H,10,13H2,1-2H3/t17-/m1/s1. The Labute approximate surface area is 141 Å². The Morgan fingerprint density at radius 1 is 1.25 bits per heavy atom. The number of likely N-dealkylation sites (N-methyl/N-ethyl adjacent to an activating group) is 1. The largest absolute Gasteiger partial charge is 0.507 e. The van der Waals surface area contributed by atoms with Gasteiger partial charge in [0.05, 0.1) is 11.5 Å². The predicted octanol–water partition coefficient (Wildman–Crippen LogP) is 2.89. The van der Waals surface area contributed by atoms with E-state index in [2.05, 4.69) is 22.0 Å². The Morgan fingerprint density at radius 2 is 1.96 bits per heavy atom. The molecule has 0 aliphatic carbocycles. The molecule has 1 N–H and O–H groups in total. The van der Waals surface area contributed by atoms with E-state index >= 15 is 0 Å². The molecule has 0 radical (unpaired) electrons. The molecule has 2 rings (SSSR count). The number of hydrogen-bond acceptors (Lipinski definition) is 5. The van der Waals surface area contributed by atoms with Crippen LogP contribution in [0.4, 0.5) is 5.69 Å². The van der Waals surface area contributed by atoms with Gasteiger partial charge in [-0.15, -0.1) is 0 Å². The maximum absolute atomic E-state index is 10.8. The second-order valence-electron chi connectivity index (χ2n) is 5.80. The van der Waals surface area contributed by atoms with E-state index in [0.717, 1.165) is 6.42 Å². The summed E-state index contributed by atoms with van der Waals surface area (Å²) in [5.41, 5.74) is 1.51. The summed E-state index contributed by atoms with van der Waals surface area (Å²) in [6.07, 6.45) is 2.34. The van der Waals surface area contributed by atoms with E-state index in [4.69, 9.17) is 0 Å². The Hall–Kier alpha value is -2.73. The Morgan fingerprint density at radius 3 is 2.58 bits per heavy atom. The highest BCUT2D eigenvalue weighted by molar-refractivity contribution is 5.84. The maximum atomic E-state index is 10.8. The first kappa shape index (κ1) is 17.6. The zero-order valence-corrected chi connectivity index (χ0v) is 13.8. The number of phenols is 1. The molecule has 0 spiro atoms. The number of nitro benzene ring substituents is 1. The molecule has 0 aliphatic rings. The van der Waals surface area contributed by atoms with Crippen LogP contribution in [0.5, 0.6) is 5.75 Å². The van der Waals surface area contributed by atoms with Crippen LogP contribution in [0.1, 0.15) is 11.1 Å². The third-order valence-corrected chi connectivity index (χ3v) is 3.81. The van der Waals surface area contributed by atoms with Gasteiger partial charge < -0.3 is 10.0 Å². The van der Waals surface area contributed by atoms with Crippen LogP contribution in [0.2, 0.25) is 0 Å². The van der Waals surface area contributed by atoms with Gasteiger partial charge in [0.25, 0.3) is 5.69 Å². The van der Waals surface area contributed by atoms with Gasteiger partial charge in [0, 0.05) is 30.0 Å². The molecule has 6 nitrogen and oxygen atoms in total. The molecule has 0 amide bonds. The number of nitro groups is 1. The predicted molar refractivity (Wildman–Crippen MR) is 94.8 cm³/mol. The molecule has 24 heavy (non-hydrogen) atoms. The van der Waals surface area contributed by atoms with Crippen molar-refractivity contribution in [2.75, 3.05) is 20.6 Å². The summed E-state index contributed by atoms with van der Waals surface area (Å²) >= 11 is 0. The fourth-order valence-corrected chi connectivity index (χ4v) is 2.33. The van der Waals surface area contributed by atoms with Crippen molar-refractivity contribution in [1.29, 1.82) is 0 Å². The zero-order chi connectivity index (χ0) is 17.5. The first-order valence-electron chi connectivity index (χ1n) is 7.65. The Bertz CT molecular complexity index is 715. The smallest absolute Gasteiger partial charge is 0.270 e. The van der Waals surface area contributed by atoms with Crippen molar-refractivity contribution in [3.63, 3.8) is 0 Å². The first-order chi connectivity index (χ1) is 11.5. The van der Waals surface area contributed by atoms with E-state index in [1.165, 1.54) is 30.0 Å². The lowest BCUT2D eigenvalue weighted by atomic mass is 10.1. The molecule has 0 saturated heterocycles. The molecule has 0 unspecified atom stereocenters. The van der Waals surface area contributed by atoms with E-state index in [1.54, 1.807) is 0 Å². The van der Waals surface area contributed by atoms with E-state index in [-0.39, 0.29) is 17.5 Å². The molecule has 2 aromatic rings. The Kier molecular flexibility index (Phi) is 6.03. The number of rotatable bonds is 7. The summed E-state index contributed by atoms with van der Waals surface area (Å²) in [5.74, 6) is -0.0196. The van der Waals surface area contributed by atoms with E-state index in [9.17, 15) is 15.2 Å². The van der Waals surface area contributed by atoms with Crippen molar-refractivity contribution >= 4 is 11.9 Å². The van der Waals surface area contributed by atoms with Crippen molar-refractivity contribution in [3.05, 3.63) is 69.8 Å². The molecule has 0 fully saturated rings. The third kappa shape index (κ3) is 4.89. The molecule has 126 valence electrons. The molecule has 0 aliphatic heterocycles. The summed E-state index contributed by atoms with van der Waals surface area (Å²) in [7, 11) is 3.99. The van der Waals surface area contributed by atoms with Crippen molar-refractivity contribution in [2.45, 2.75) is 12.5 Å². The molecular weight excluding hydrogens is 306 g/mol. The van der Waals surface area contributed by atoms with Crippen LogP contribution in [0.15, 0.2) is 53.5 Å². The van der Waals surface area contributed by atoms with Crippen molar-refractivity contribution < 1.29 is 10.0 Å². The fraction of sp³-hybridized carbons (Fsp3) is 0.278. The minimum absolute atomic E-state index is 0.0196. The number of aromatic hydroxyl groups is 1. The molecule has 0 heterocycles. The van der Waals surface area contributed by atoms with Gasteiger partial charge in [-0.3, -0.25) is 15.1 Å². The number of nitrogens with zero attached hydrogens (tertiary/aromatic N) is 3.